The molecule has 3 rings (SSSR count). The summed E-state index contributed by atoms with van der Waals surface area (Å²) >= 11 is 0. The van der Waals surface area contributed by atoms with Gasteiger partial charge in [-0.15, -0.1) is 0 Å². The Morgan fingerprint density at radius 1 is 1.44 bits per heavy atom. The van der Waals surface area contributed by atoms with Crippen LogP contribution in [-0.4, -0.2) is 17.7 Å². The van der Waals surface area contributed by atoms with Crippen LogP contribution >= 0.6 is 0 Å². The molecule has 3 heteroatoms. The van der Waals surface area contributed by atoms with E-state index in [1.807, 2.05) is 10.6 Å². The maximum Gasteiger partial charge on any atom is 0.250 e. The zero-order valence-electron chi connectivity index (χ0n) is 9.70. The monoisotopic (exact) mass is 218 g/mol. The topological polar surface area (TPSA) is 34.0 Å². The molecular formula is C13H18N2O. The van der Waals surface area contributed by atoms with Gasteiger partial charge in [-0.2, -0.15) is 0 Å². The third-order valence-corrected chi connectivity index (χ3v) is 3.96. The molecule has 0 spiro atoms. The van der Waals surface area contributed by atoms with E-state index in [-0.39, 0.29) is 5.56 Å². The Morgan fingerprint density at radius 2 is 2.31 bits per heavy atom. The molecule has 0 amide bonds. The van der Waals surface area contributed by atoms with Crippen LogP contribution in [-0.2, 0) is 13.0 Å². The second-order valence-electron chi connectivity index (χ2n) is 5.00. The number of hydrogen-bond donors (Lipinski definition) is 1. The van der Waals surface area contributed by atoms with Crippen molar-refractivity contribution in [2.24, 2.45) is 5.92 Å². The van der Waals surface area contributed by atoms with Crippen molar-refractivity contribution in [1.82, 2.24) is 9.88 Å². The molecule has 1 aromatic rings. The Morgan fingerprint density at radius 3 is 3.12 bits per heavy atom. The Labute approximate surface area is 95.5 Å². The third kappa shape index (κ3) is 1.42. The van der Waals surface area contributed by atoms with E-state index in [1.165, 1.54) is 17.7 Å². The Bertz CT molecular complexity index is 463. The second-order valence-corrected chi connectivity index (χ2v) is 5.00. The Kier molecular flexibility index (Phi) is 2.36. The van der Waals surface area contributed by atoms with Gasteiger partial charge in [0.25, 0.3) is 5.56 Å². The summed E-state index contributed by atoms with van der Waals surface area (Å²) in [5.74, 6) is 1.20. The van der Waals surface area contributed by atoms with Crippen LogP contribution in [0.1, 0.15) is 30.5 Å². The summed E-state index contributed by atoms with van der Waals surface area (Å²) in [7, 11) is 0. The molecule has 0 aliphatic carbocycles. The predicted octanol–water partition coefficient (Wildman–Crippen LogP) is 1.12. The van der Waals surface area contributed by atoms with Crippen LogP contribution in [0.2, 0.25) is 0 Å². The fraction of sp³-hybridized carbons (Fsp3) is 0.615. The minimum Gasteiger partial charge on any atom is -0.316 e. The fourth-order valence-corrected chi connectivity index (χ4v) is 3.25. The van der Waals surface area contributed by atoms with Gasteiger partial charge in [0.15, 0.2) is 0 Å². The van der Waals surface area contributed by atoms with Crippen LogP contribution in [0.15, 0.2) is 16.9 Å². The van der Waals surface area contributed by atoms with Crippen molar-refractivity contribution in [3.05, 3.63) is 33.7 Å². The first-order chi connectivity index (χ1) is 7.79. The number of piperidine rings is 1. The minimum absolute atomic E-state index is 0.184. The summed E-state index contributed by atoms with van der Waals surface area (Å²) < 4.78 is 2.03. The summed E-state index contributed by atoms with van der Waals surface area (Å²) in [4.78, 5) is 11.9. The van der Waals surface area contributed by atoms with E-state index in [0.29, 0.717) is 11.8 Å². The summed E-state index contributed by atoms with van der Waals surface area (Å²) in [5.41, 5.74) is 2.84. The van der Waals surface area contributed by atoms with E-state index in [2.05, 4.69) is 12.2 Å². The van der Waals surface area contributed by atoms with Gasteiger partial charge >= 0.3 is 0 Å². The molecule has 1 aromatic heterocycles. The van der Waals surface area contributed by atoms with Crippen molar-refractivity contribution in [2.45, 2.75) is 32.2 Å². The number of nitrogens with one attached hydrogen (secondary N) is 1. The van der Waals surface area contributed by atoms with Gasteiger partial charge in [0.2, 0.25) is 0 Å². The molecule has 2 aliphatic rings. The average Bonchev–Trinajstić information content (AvgIpc) is 2.31. The zero-order valence-corrected chi connectivity index (χ0v) is 9.70. The lowest BCUT2D eigenvalue weighted by Crippen LogP contribution is -2.45. The molecule has 1 fully saturated rings. The quantitative estimate of drug-likeness (QED) is 0.766. The molecule has 2 aliphatic heterocycles. The van der Waals surface area contributed by atoms with Crippen molar-refractivity contribution in [1.29, 1.82) is 0 Å². The van der Waals surface area contributed by atoms with Crippen molar-refractivity contribution in [2.75, 3.05) is 13.1 Å². The van der Waals surface area contributed by atoms with E-state index in [4.69, 9.17) is 0 Å². The molecule has 0 saturated carbocycles. The van der Waals surface area contributed by atoms with Crippen LogP contribution in [0.4, 0.5) is 0 Å². The summed E-state index contributed by atoms with van der Waals surface area (Å²) in [6.07, 6.45) is 2.28. The number of aromatic nitrogens is 1. The first kappa shape index (κ1) is 10.1. The first-order valence-corrected chi connectivity index (χ1v) is 6.23. The number of fused-ring (bicyclic) bond motifs is 4. The number of pyridine rings is 1. The highest BCUT2D eigenvalue weighted by Crippen LogP contribution is 2.33. The summed E-state index contributed by atoms with van der Waals surface area (Å²) in [6, 6.07) is 3.75. The van der Waals surface area contributed by atoms with Gasteiger partial charge in [0.05, 0.1) is 0 Å². The summed E-state index contributed by atoms with van der Waals surface area (Å²) in [6.45, 7) is 5.18. The maximum absolute atomic E-state index is 11.9. The van der Waals surface area contributed by atoms with Gasteiger partial charge < -0.3 is 9.88 Å². The molecule has 3 heterocycles. The molecule has 16 heavy (non-hydrogen) atoms. The normalized spacial score (nSPS) is 27.6. The molecule has 0 aromatic carbocycles. The molecule has 2 atom stereocenters. The van der Waals surface area contributed by atoms with Gasteiger partial charge in [-0.1, -0.05) is 13.0 Å². The minimum atomic E-state index is 0.184. The van der Waals surface area contributed by atoms with E-state index >= 15 is 0 Å². The molecule has 2 unspecified atom stereocenters. The molecule has 1 saturated heterocycles. The van der Waals surface area contributed by atoms with Crippen molar-refractivity contribution < 1.29 is 0 Å². The van der Waals surface area contributed by atoms with E-state index in [0.717, 1.165) is 26.1 Å². The molecule has 0 radical (unpaired) electrons. The number of nitrogens with zero attached hydrogens (tertiary/aromatic N) is 1. The molecule has 3 nitrogen and oxygen atoms in total. The highest BCUT2D eigenvalue weighted by atomic mass is 16.1. The van der Waals surface area contributed by atoms with Gasteiger partial charge in [0.1, 0.15) is 0 Å². The van der Waals surface area contributed by atoms with E-state index in [1.54, 1.807) is 6.07 Å². The molecule has 1 N–H and O–H groups in total. The van der Waals surface area contributed by atoms with Crippen LogP contribution < -0.4 is 10.9 Å². The zero-order chi connectivity index (χ0) is 11.1. The SMILES string of the molecule is CCc1ccc(=O)n2c1C1CNCC(C1)C2. The van der Waals surface area contributed by atoms with Crippen LogP contribution in [0.3, 0.4) is 0 Å². The molecule has 2 bridgehead atoms. The Hall–Kier alpha value is -1.09. The van der Waals surface area contributed by atoms with Crippen LogP contribution in [0.25, 0.3) is 0 Å². The standard InChI is InChI=1S/C13H18N2O/c1-2-10-3-4-12(16)15-8-9-5-11(13(10)15)7-14-6-9/h3-4,9,11,14H,2,5-8H2,1H3. The van der Waals surface area contributed by atoms with Crippen molar-refractivity contribution in [3.63, 3.8) is 0 Å². The van der Waals surface area contributed by atoms with E-state index in [9.17, 15) is 4.79 Å². The highest BCUT2D eigenvalue weighted by Gasteiger charge is 2.31. The lowest BCUT2D eigenvalue weighted by atomic mass is 9.82. The maximum atomic E-state index is 11.9. The number of aryl methyl sites for hydroxylation is 1. The third-order valence-electron chi connectivity index (χ3n) is 3.96. The second kappa shape index (κ2) is 3.74. The fourth-order valence-electron chi connectivity index (χ4n) is 3.25. The largest absolute Gasteiger partial charge is 0.316 e. The smallest absolute Gasteiger partial charge is 0.250 e. The Balaban J connectivity index is 2.18. The van der Waals surface area contributed by atoms with Gasteiger partial charge in [0, 0.05) is 30.8 Å². The van der Waals surface area contributed by atoms with Gasteiger partial charge in [-0.3, -0.25) is 4.79 Å². The average molecular weight is 218 g/mol. The van der Waals surface area contributed by atoms with E-state index < -0.39 is 0 Å². The van der Waals surface area contributed by atoms with Crippen molar-refractivity contribution >= 4 is 0 Å². The lowest BCUT2D eigenvalue weighted by molar-refractivity contribution is 0.255. The lowest BCUT2D eigenvalue weighted by Gasteiger charge is -2.38. The highest BCUT2D eigenvalue weighted by molar-refractivity contribution is 5.27. The predicted molar refractivity (Wildman–Crippen MR) is 63.8 cm³/mol. The van der Waals surface area contributed by atoms with Gasteiger partial charge in [-0.05, 0) is 30.9 Å². The van der Waals surface area contributed by atoms with Gasteiger partial charge in [-0.25, -0.2) is 0 Å². The summed E-state index contributed by atoms with van der Waals surface area (Å²) in [5, 5.41) is 3.48. The number of rotatable bonds is 1. The molecular weight excluding hydrogens is 200 g/mol. The van der Waals surface area contributed by atoms with Crippen LogP contribution in [0.5, 0.6) is 0 Å². The molecule has 86 valence electrons. The van der Waals surface area contributed by atoms with Crippen LogP contribution in [0, 0.1) is 5.92 Å². The van der Waals surface area contributed by atoms with Crippen molar-refractivity contribution in [3.8, 4) is 0 Å². The first-order valence-electron chi connectivity index (χ1n) is 6.23. The number of hydrogen-bond acceptors (Lipinski definition) is 2.